The number of aliphatic hydroxyl groups is 1. The van der Waals surface area contributed by atoms with Crippen molar-refractivity contribution in [3.8, 4) is 5.75 Å². The van der Waals surface area contributed by atoms with E-state index in [4.69, 9.17) is 0 Å². The lowest BCUT2D eigenvalue weighted by Crippen LogP contribution is -2.42. The topological polar surface area (TPSA) is 69.6 Å². The quantitative estimate of drug-likeness (QED) is 0.751. The summed E-state index contributed by atoms with van der Waals surface area (Å²) in [7, 11) is 0. The van der Waals surface area contributed by atoms with Gasteiger partial charge in [0.25, 0.3) is 5.91 Å². The van der Waals surface area contributed by atoms with Gasteiger partial charge in [-0.1, -0.05) is 13.8 Å². The van der Waals surface area contributed by atoms with Crippen molar-refractivity contribution >= 4 is 5.91 Å². The summed E-state index contributed by atoms with van der Waals surface area (Å²) in [4.78, 5) is 11.7. The molecule has 100 valence electrons. The molecule has 0 bridgehead atoms. The summed E-state index contributed by atoms with van der Waals surface area (Å²) in [5.41, 5.74) is -1.11. The first kappa shape index (κ1) is 14.4. The van der Waals surface area contributed by atoms with Crippen LogP contribution in [0.2, 0.25) is 0 Å². The SMILES string of the molecule is CCC(O)(CC)CNC(=O)c1cc(F)ccc1O. The lowest BCUT2D eigenvalue weighted by atomic mass is 9.97. The van der Waals surface area contributed by atoms with Crippen LogP contribution in [0.4, 0.5) is 4.39 Å². The number of phenolic OH excluding ortho intramolecular Hbond substituents is 1. The zero-order chi connectivity index (χ0) is 13.8. The van der Waals surface area contributed by atoms with Gasteiger partial charge in [-0.25, -0.2) is 4.39 Å². The number of carbonyl (C=O) groups is 1. The molecule has 0 heterocycles. The number of carbonyl (C=O) groups excluding carboxylic acids is 1. The lowest BCUT2D eigenvalue weighted by Gasteiger charge is -2.25. The molecule has 0 unspecified atom stereocenters. The number of benzene rings is 1. The number of nitrogens with one attached hydrogen (secondary N) is 1. The molecular formula is C13H18FNO3. The highest BCUT2D eigenvalue weighted by atomic mass is 19.1. The smallest absolute Gasteiger partial charge is 0.255 e. The van der Waals surface area contributed by atoms with Crippen molar-refractivity contribution in [1.82, 2.24) is 5.32 Å². The van der Waals surface area contributed by atoms with E-state index >= 15 is 0 Å². The first-order valence-electron chi connectivity index (χ1n) is 5.91. The number of hydrogen-bond donors (Lipinski definition) is 3. The van der Waals surface area contributed by atoms with Crippen molar-refractivity contribution in [3.05, 3.63) is 29.6 Å². The van der Waals surface area contributed by atoms with Gasteiger partial charge in [0, 0.05) is 6.54 Å². The summed E-state index contributed by atoms with van der Waals surface area (Å²) in [6.07, 6.45) is 0.998. The third-order valence-electron chi connectivity index (χ3n) is 3.10. The molecule has 5 heteroatoms. The Hall–Kier alpha value is -1.62. The Bertz CT molecular complexity index is 430. The second kappa shape index (κ2) is 5.82. The van der Waals surface area contributed by atoms with Crippen LogP contribution in [0, 0.1) is 5.82 Å². The molecule has 0 aliphatic carbocycles. The highest BCUT2D eigenvalue weighted by Crippen LogP contribution is 2.18. The van der Waals surface area contributed by atoms with Crippen LogP contribution < -0.4 is 5.32 Å². The highest BCUT2D eigenvalue weighted by molar-refractivity contribution is 5.96. The standard InChI is InChI=1S/C13H18FNO3/c1-3-13(18,4-2)8-15-12(17)10-7-9(14)5-6-11(10)16/h5-7,16,18H,3-4,8H2,1-2H3,(H,15,17). The van der Waals surface area contributed by atoms with Gasteiger partial charge in [-0.2, -0.15) is 0 Å². The number of hydrogen-bond acceptors (Lipinski definition) is 3. The largest absolute Gasteiger partial charge is 0.507 e. The molecule has 18 heavy (non-hydrogen) atoms. The number of amides is 1. The molecule has 1 aromatic rings. The maximum Gasteiger partial charge on any atom is 0.255 e. The fraction of sp³-hybridized carbons (Fsp3) is 0.462. The van der Waals surface area contributed by atoms with E-state index in [1.807, 2.05) is 13.8 Å². The number of phenols is 1. The Morgan fingerprint density at radius 1 is 1.39 bits per heavy atom. The van der Waals surface area contributed by atoms with E-state index in [1.165, 1.54) is 0 Å². The van der Waals surface area contributed by atoms with E-state index in [0.717, 1.165) is 18.2 Å². The maximum atomic E-state index is 13.0. The summed E-state index contributed by atoms with van der Waals surface area (Å²) in [5.74, 6) is -1.49. The first-order chi connectivity index (χ1) is 8.41. The van der Waals surface area contributed by atoms with Gasteiger partial charge < -0.3 is 15.5 Å². The monoisotopic (exact) mass is 255 g/mol. The van der Waals surface area contributed by atoms with E-state index in [0.29, 0.717) is 12.8 Å². The molecule has 0 atom stereocenters. The Labute approximate surface area is 105 Å². The molecule has 1 aromatic carbocycles. The van der Waals surface area contributed by atoms with E-state index in [2.05, 4.69) is 5.32 Å². The summed E-state index contributed by atoms with van der Waals surface area (Å²) < 4.78 is 13.0. The lowest BCUT2D eigenvalue weighted by molar-refractivity contribution is 0.0313. The van der Waals surface area contributed by atoms with Gasteiger partial charge in [0.15, 0.2) is 0 Å². The van der Waals surface area contributed by atoms with Crippen LogP contribution >= 0.6 is 0 Å². The van der Waals surface area contributed by atoms with Crippen LogP contribution in [0.25, 0.3) is 0 Å². The minimum Gasteiger partial charge on any atom is -0.507 e. The van der Waals surface area contributed by atoms with Gasteiger partial charge in [-0.05, 0) is 31.0 Å². The molecule has 3 N–H and O–H groups in total. The average molecular weight is 255 g/mol. The van der Waals surface area contributed by atoms with Gasteiger partial charge >= 0.3 is 0 Å². The van der Waals surface area contributed by atoms with Crippen LogP contribution in [0.5, 0.6) is 5.75 Å². The molecule has 0 aliphatic heterocycles. The molecule has 1 amide bonds. The van der Waals surface area contributed by atoms with Gasteiger partial charge in [0.1, 0.15) is 11.6 Å². The summed E-state index contributed by atoms with van der Waals surface area (Å²) in [6, 6.07) is 3.15. The number of halogens is 1. The minimum atomic E-state index is -0.974. The third-order valence-corrected chi connectivity index (χ3v) is 3.10. The first-order valence-corrected chi connectivity index (χ1v) is 5.91. The molecule has 0 saturated heterocycles. The predicted octanol–water partition coefficient (Wildman–Crippen LogP) is 1.81. The Balaban J connectivity index is 2.74. The molecule has 0 fully saturated rings. The summed E-state index contributed by atoms with van der Waals surface area (Å²) in [6.45, 7) is 3.69. The van der Waals surface area contributed by atoms with E-state index in [1.54, 1.807) is 0 Å². The molecule has 0 radical (unpaired) electrons. The van der Waals surface area contributed by atoms with Gasteiger partial charge in [0.2, 0.25) is 0 Å². The Morgan fingerprint density at radius 2 is 2.00 bits per heavy atom. The highest BCUT2D eigenvalue weighted by Gasteiger charge is 2.23. The van der Waals surface area contributed by atoms with Crippen molar-refractivity contribution in [2.75, 3.05) is 6.54 Å². The van der Waals surface area contributed by atoms with Gasteiger partial charge in [-0.3, -0.25) is 4.79 Å². The summed E-state index contributed by atoms with van der Waals surface area (Å²) in [5, 5.41) is 22.0. The fourth-order valence-corrected chi connectivity index (χ4v) is 1.53. The zero-order valence-corrected chi connectivity index (χ0v) is 10.5. The average Bonchev–Trinajstić information content (AvgIpc) is 2.38. The van der Waals surface area contributed by atoms with Crippen molar-refractivity contribution < 1.29 is 19.4 Å². The number of rotatable bonds is 5. The predicted molar refractivity (Wildman–Crippen MR) is 65.9 cm³/mol. The molecule has 0 spiro atoms. The Kier molecular flexibility index (Phi) is 4.67. The van der Waals surface area contributed by atoms with Crippen molar-refractivity contribution in [2.45, 2.75) is 32.3 Å². The van der Waals surface area contributed by atoms with Crippen LogP contribution in [-0.4, -0.2) is 28.3 Å². The minimum absolute atomic E-state index is 0.0643. The third kappa shape index (κ3) is 3.43. The molecule has 4 nitrogen and oxygen atoms in total. The zero-order valence-electron chi connectivity index (χ0n) is 10.5. The fourth-order valence-electron chi connectivity index (χ4n) is 1.53. The van der Waals surface area contributed by atoms with Gasteiger partial charge in [0.05, 0.1) is 11.2 Å². The normalized spacial score (nSPS) is 11.3. The van der Waals surface area contributed by atoms with Crippen LogP contribution in [0.3, 0.4) is 0 Å². The van der Waals surface area contributed by atoms with Crippen LogP contribution in [0.15, 0.2) is 18.2 Å². The maximum absolute atomic E-state index is 13.0. The van der Waals surface area contributed by atoms with Crippen LogP contribution in [-0.2, 0) is 0 Å². The molecule has 0 aliphatic rings. The van der Waals surface area contributed by atoms with Gasteiger partial charge in [-0.15, -0.1) is 0 Å². The molecule has 0 aromatic heterocycles. The number of aromatic hydroxyl groups is 1. The van der Waals surface area contributed by atoms with Crippen molar-refractivity contribution in [2.24, 2.45) is 0 Å². The van der Waals surface area contributed by atoms with Crippen molar-refractivity contribution in [3.63, 3.8) is 0 Å². The Morgan fingerprint density at radius 3 is 2.56 bits per heavy atom. The second-order valence-electron chi connectivity index (χ2n) is 4.28. The molecule has 0 saturated carbocycles. The second-order valence-corrected chi connectivity index (χ2v) is 4.28. The van der Waals surface area contributed by atoms with Crippen LogP contribution in [0.1, 0.15) is 37.0 Å². The molecule has 1 rings (SSSR count). The van der Waals surface area contributed by atoms with E-state index in [9.17, 15) is 19.4 Å². The van der Waals surface area contributed by atoms with Crippen molar-refractivity contribution in [1.29, 1.82) is 0 Å². The van der Waals surface area contributed by atoms with E-state index < -0.39 is 17.3 Å². The summed E-state index contributed by atoms with van der Waals surface area (Å²) >= 11 is 0. The molecular weight excluding hydrogens is 237 g/mol. The van der Waals surface area contributed by atoms with E-state index in [-0.39, 0.29) is 17.9 Å².